The van der Waals surface area contributed by atoms with Crippen molar-refractivity contribution >= 4 is 7.72 Å². The predicted molar refractivity (Wildman–Crippen MR) is 11.4 cm³/mol. The summed E-state index contributed by atoms with van der Waals surface area (Å²) in [6, 6.07) is 0. The minimum Gasteiger partial charge on any atom is -0.412 e. The Morgan fingerprint density at radius 3 is 1.25 bits per heavy atom. The molecular weight excluding hydrogens is 108 g/mol. The molecule has 0 unspecified atom stereocenters. The molecular formula is H3BO2Zn. The minimum absolute atomic E-state index is 0. The van der Waals surface area contributed by atoms with E-state index in [1.165, 1.54) is 0 Å². The quantitative estimate of drug-likeness (QED) is 0.347. The molecule has 0 aromatic carbocycles. The normalized spacial score (nSPS) is 0.750. The Kier molecular flexibility index (Phi) is 648. The predicted octanol–water partition coefficient (Wildman–Crippen LogP) is -1.59. The molecule has 2 nitrogen and oxygen atoms in total. The van der Waals surface area contributed by atoms with E-state index in [0.717, 1.165) is 0 Å². The van der Waals surface area contributed by atoms with E-state index in [9.17, 15) is 0 Å². The van der Waals surface area contributed by atoms with Gasteiger partial charge in [0.15, 0.2) is 0 Å². The van der Waals surface area contributed by atoms with Gasteiger partial charge in [-0.3, -0.25) is 0 Å². The molecule has 0 heterocycles. The molecule has 0 aromatic rings. The first kappa shape index (κ1) is 25.2. The molecule has 0 aliphatic carbocycles. The van der Waals surface area contributed by atoms with Crippen LogP contribution in [0.5, 0.6) is 0 Å². The summed E-state index contributed by atoms with van der Waals surface area (Å²) in [4.78, 5) is 0. The SMILES string of the molecule is B=O.O.[Zn]. The van der Waals surface area contributed by atoms with Crippen molar-refractivity contribution in [2.24, 2.45) is 0 Å². The Labute approximate surface area is 38.1 Å². The van der Waals surface area contributed by atoms with Gasteiger partial charge in [-0.25, -0.2) is 0 Å². The molecule has 0 spiro atoms. The van der Waals surface area contributed by atoms with Crippen LogP contribution in [-0.4, -0.2) is 13.2 Å². The number of hydrogen-bond donors (Lipinski definition) is 0. The molecule has 4 heavy (non-hydrogen) atoms. The molecule has 0 atom stereocenters. The first-order valence-electron chi connectivity index (χ1n) is 0.289. The van der Waals surface area contributed by atoms with E-state index in [2.05, 4.69) is 0 Å². The van der Waals surface area contributed by atoms with E-state index in [0.29, 0.717) is 0 Å². The maximum absolute atomic E-state index is 8.00. The molecule has 0 radical (unpaired) electrons. The van der Waals surface area contributed by atoms with Gasteiger partial charge in [0.25, 0.3) is 0 Å². The molecule has 0 aliphatic heterocycles. The summed E-state index contributed by atoms with van der Waals surface area (Å²) in [7, 11) is 2.00. The smallest absolute Gasteiger partial charge is 0 e. The van der Waals surface area contributed by atoms with Gasteiger partial charge >= 0.3 is 12.4 Å². The second kappa shape index (κ2) is 103. The molecule has 0 saturated heterocycles. The van der Waals surface area contributed by atoms with E-state index in [4.69, 9.17) is 4.70 Å². The summed E-state index contributed by atoms with van der Waals surface area (Å²) >= 11 is 0. The molecule has 0 bridgehead atoms. The minimum atomic E-state index is 0. The van der Waals surface area contributed by atoms with Crippen LogP contribution in [0.1, 0.15) is 0 Å². The van der Waals surface area contributed by atoms with Gasteiger partial charge in [0, 0.05) is 19.5 Å². The molecule has 0 aromatic heterocycles. The summed E-state index contributed by atoms with van der Waals surface area (Å²) in [5.74, 6) is 0. The summed E-state index contributed by atoms with van der Waals surface area (Å²) in [6.07, 6.45) is 0. The van der Waals surface area contributed by atoms with Gasteiger partial charge < -0.3 is 5.48 Å². The van der Waals surface area contributed by atoms with Crippen LogP contribution in [0.3, 0.4) is 0 Å². The molecule has 0 amide bonds. The van der Waals surface area contributed by atoms with Gasteiger partial charge in [-0.1, -0.05) is 0 Å². The molecule has 0 fully saturated rings. The van der Waals surface area contributed by atoms with Crippen molar-refractivity contribution in [2.45, 2.75) is 0 Å². The van der Waals surface area contributed by atoms with Crippen LogP contribution in [0, 0.1) is 0 Å². The van der Waals surface area contributed by atoms with Crippen molar-refractivity contribution < 1.29 is 29.7 Å². The van der Waals surface area contributed by atoms with Gasteiger partial charge in [-0.05, 0) is 0 Å². The second-order valence-electron chi connectivity index (χ2n) is 0. The average molecular weight is 111 g/mol. The topological polar surface area (TPSA) is 48.6 Å². The van der Waals surface area contributed by atoms with Crippen LogP contribution in [0.25, 0.3) is 0 Å². The molecule has 0 aliphatic rings. The van der Waals surface area contributed by atoms with Gasteiger partial charge in [0.2, 0.25) is 0 Å². The van der Waals surface area contributed by atoms with Gasteiger partial charge in [0.05, 0.1) is 0 Å². The summed E-state index contributed by atoms with van der Waals surface area (Å²) in [6.45, 7) is 0. The number of rotatable bonds is 0. The van der Waals surface area contributed by atoms with Crippen LogP contribution in [0.2, 0.25) is 0 Å². The summed E-state index contributed by atoms with van der Waals surface area (Å²) < 4.78 is 8.00. The average Bonchev–Trinajstić information content (AvgIpc) is 1.00. The van der Waals surface area contributed by atoms with Crippen molar-refractivity contribution in [3.05, 3.63) is 0 Å². The Bertz CT molecular complexity index is 6.00. The third kappa shape index (κ3) is 25.6. The summed E-state index contributed by atoms with van der Waals surface area (Å²) in [5.41, 5.74) is 0. The van der Waals surface area contributed by atoms with Crippen molar-refractivity contribution in [1.29, 1.82) is 0 Å². The van der Waals surface area contributed by atoms with Crippen LogP contribution >= 0.6 is 0 Å². The molecule has 20 valence electrons. The maximum Gasteiger partial charge on any atom is 0 e. The van der Waals surface area contributed by atoms with Crippen molar-refractivity contribution in [3.8, 4) is 0 Å². The monoisotopic (exact) mass is 110 g/mol. The van der Waals surface area contributed by atoms with E-state index in [1.54, 1.807) is 0 Å². The van der Waals surface area contributed by atoms with Crippen molar-refractivity contribution in [3.63, 3.8) is 0 Å². The zero-order valence-corrected chi connectivity index (χ0v) is 5.29. The Morgan fingerprint density at radius 2 is 1.25 bits per heavy atom. The van der Waals surface area contributed by atoms with E-state index < -0.39 is 0 Å². The summed E-state index contributed by atoms with van der Waals surface area (Å²) in [5, 5.41) is 0. The van der Waals surface area contributed by atoms with Crippen molar-refractivity contribution in [1.82, 2.24) is 0 Å². The fourth-order valence-corrected chi connectivity index (χ4v) is 0. The zero-order valence-electron chi connectivity index (χ0n) is 2.32. The molecule has 4 heteroatoms. The first-order valence-corrected chi connectivity index (χ1v) is 0.289. The second-order valence-corrected chi connectivity index (χ2v) is 0. The molecule has 2 N–H and O–H groups in total. The number of hydrogen-bond acceptors (Lipinski definition) is 1. The standard InChI is InChI=1S/BHO.H2O.Zn/c1-2;;/h1H;1H2;. The Hall–Kier alpha value is 0.448. The maximum atomic E-state index is 8.00. The van der Waals surface area contributed by atoms with Crippen LogP contribution in [0.15, 0.2) is 0 Å². The fourth-order valence-electron chi connectivity index (χ4n) is 0. The third-order valence-corrected chi connectivity index (χ3v) is 0. The van der Waals surface area contributed by atoms with Crippen LogP contribution in [0.4, 0.5) is 0 Å². The van der Waals surface area contributed by atoms with Crippen molar-refractivity contribution in [2.75, 3.05) is 0 Å². The van der Waals surface area contributed by atoms with Crippen LogP contribution in [-0.2, 0) is 24.2 Å². The fraction of sp³-hybridized carbons (Fsp3) is 0. The van der Waals surface area contributed by atoms with Crippen LogP contribution < -0.4 is 0 Å². The molecule has 0 rings (SSSR count). The van der Waals surface area contributed by atoms with Gasteiger partial charge in [-0.2, -0.15) is 0 Å². The van der Waals surface area contributed by atoms with E-state index >= 15 is 0 Å². The van der Waals surface area contributed by atoms with Gasteiger partial charge in [0.1, 0.15) is 0 Å². The first-order chi connectivity index (χ1) is 1.00. The van der Waals surface area contributed by atoms with E-state index in [1.807, 2.05) is 7.72 Å². The Balaban J connectivity index is -0.00000000500. The molecule has 0 saturated carbocycles. The Morgan fingerprint density at radius 1 is 1.25 bits per heavy atom. The van der Waals surface area contributed by atoms with E-state index in [-0.39, 0.29) is 25.0 Å². The van der Waals surface area contributed by atoms with Gasteiger partial charge in [-0.15, -0.1) is 0 Å². The zero-order chi connectivity index (χ0) is 2.00. The largest absolute Gasteiger partial charge is 0.412 e. The third-order valence-electron chi connectivity index (χ3n) is 0.